The Balaban J connectivity index is 1.59. The maximum Gasteiger partial charge on any atom is 0.341 e. The van der Waals surface area contributed by atoms with Crippen LogP contribution < -0.4 is 11.1 Å². The molecule has 1 atom stereocenters. The van der Waals surface area contributed by atoms with Crippen LogP contribution in [0.3, 0.4) is 0 Å². The zero-order valence-corrected chi connectivity index (χ0v) is 19.2. The first kappa shape index (κ1) is 22.5. The fourth-order valence-electron chi connectivity index (χ4n) is 3.76. The average Bonchev–Trinajstić information content (AvgIpc) is 3.18. The van der Waals surface area contributed by atoms with E-state index in [1.807, 2.05) is 18.2 Å². The predicted molar refractivity (Wildman–Crippen MR) is 127 cm³/mol. The number of benzene rings is 2. The molecule has 170 valence electrons. The number of anilines is 2. The van der Waals surface area contributed by atoms with Crippen LogP contribution in [-0.4, -0.2) is 30.6 Å². The molecule has 1 amide bonds. The summed E-state index contributed by atoms with van der Waals surface area (Å²) in [6.45, 7) is 3.45. The molecule has 3 N–H and O–H groups in total. The summed E-state index contributed by atoms with van der Waals surface area (Å²) >= 11 is 1.33. The summed E-state index contributed by atoms with van der Waals surface area (Å²) < 4.78 is 10.6. The fraction of sp³-hybridized carbons (Fsp3) is 0.240. The van der Waals surface area contributed by atoms with Crippen LogP contribution in [0.25, 0.3) is 10.4 Å². The third-order valence-corrected chi connectivity index (χ3v) is 6.61. The Morgan fingerprint density at radius 1 is 1.06 bits per heavy atom. The maximum absolute atomic E-state index is 12.9. The number of ether oxygens (including phenoxy) is 2. The van der Waals surface area contributed by atoms with Gasteiger partial charge in [-0.3, -0.25) is 4.79 Å². The van der Waals surface area contributed by atoms with Crippen LogP contribution in [0.1, 0.15) is 45.7 Å². The molecule has 1 aliphatic carbocycles. The van der Waals surface area contributed by atoms with Gasteiger partial charge >= 0.3 is 11.9 Å². The molecule has 8 heteroatoms. The van der Waals surface area contributed by atoms with Crippen molar-refractivity contribution in [3.8, 4) is 10.4 Å². The number of carbonyl (C=O) groups is 3. The molecular weight excluding hydrogens is 440 g/mol. The van der Waals surface area contributed by atoms with Crippen LogP contribution >= 0.6 is 11.3 Å². The lowest BCUT2D eigenvalue weighted by atomic mass is 9.89. The first-order valence-corrected chi connectivity index (χ1v) is 11.5. The van der Waals surface area contributed by atoms with Crippen molar-refractivity contribution in [3.05, 3.63) is 70.8 Å². The van der Waals surface area contributed by atoms with Gasteiger partial charge in [-0.1, -0.05) is 24.3 Å². The van der Waals surface area contributed by atoms with Gasteiger partial charge in [-0.05, 0) is 67.6 Å². The van der Waals surface area contributed by atoms with Crippen LogP contribution in [0.2, 0.25) is 0 Å². The predicted octanol–water partition coefficient (Wildman–Crippen LogP) is 4.46. The standard InChI is InChI=1S/C25H24N2O5S/c1-3-31-25(30)20-19-13-10-15-6-4-5-7-18(15)21(19)33-23(20)27-22(28)14(2)32-24(29)16-8-11-17(26)12-9-16/h4-9,11-12,14H,3,10,13,26H2,1-2H3,(H,27,28). The van der Waals surface area contributed by atoms with Crippen molar-refractivity contribution in [2.75, 3.05) is 17.7 Å². The smallest absolute Gasteiger partial charge is 0.341 e. The van der Waals surface area contributed by atoms with E-state index < -0.39 is 23.9 Å². The maximum atomic E-state index is 12.9. The van der Waals surface area contributed by atoms with Gasteiger partial charge in [-0.25, -0.2) is 9.59 Å². The highest BCUT2D eigenvalue weighted by Gasteiger charge is 2.30. The Morgan fingerprint density at radius 2 is 1.79 bits per heavy atom. The molecule has 1 unspecified atom stereocenters. The van der Waals surface area contributed by atoms with Gasteiger partial charge in [0.1, 0.15) is 5.00 Å². The summed E-state index contributed by atoms with van der Waals surface area (Å²) in [6.07, 6.45) is 0.403. The van der Waals surface area contributed by atoms with E-state index in [4.69, 9.17) is 15.2 Å². The van der Waals surface area contributed by atoms with E-state index in [1.165, 1.54) is 36.0 Å². The molecule has 0 spiro atoms. The van der Waals surface area contributed by atoms with Crippen LogP contribution in [0.15, 0.2) is 48.5 Å². The Hall–Kier alpha value is -3.65. The SMILES string of the molecule is CCOC(=O)c1c(NC(=O)C(C)OC(=O)c2ccc(N)cc2)sc2c1CCc1ccccc1-2. The third kappa shape index (κ3) is 4.61. The second-order valence-corrected chi connectivity index (χ2v) is 8.67. The quantitative estimate of drug-likeness (QED) is 0.412. The number of fused-ring (bicyclic) bond motifs is 3. The number of esters is 2. The van der Waals surface area contributed by atoms with Crippen molar-refractivity contribution in [2.45, 2.75) is 32.8 Å². The van der Waals surface area contributed by atoms with E-state index >= 15 is 0 Å². The van der Waals surface area contributed by atoms with E-state index in [1.54, 1.807) is 19.1 Å². The summed E-state index contributed by atoms with van der Waals surface area (Å²) in [7, 11) is 0. The molecule has 2 aromatic carbocycles. The molecule has 3 aromatic rings. The number of thiophene rings is 1. The number of nitrogens with one attached hydrogen (secondary N) is 1. The minimum absolute atomic E-state index is 0.225. The number of rotatable bonds is 6. The van der Waals surface area contributed by atoms with E-state index in [-0.39, 0.29) is 6.61 Å². The number of nitrogen functional groups attached to an aromatic ring is 1. The number of amides is 1. The Labute approximate surface area is 195 Å². The van der Waals surface area contributed by atoms with E-state index in [0.29, 0.717) is 28.2 Å². The lowest BCUT2D eigenvalue weighted by Crippen LogP contribution is -2.30. The molecule has 0 fully saturated rings. The normalized spacial score (nSPS) is 12.8. The van der Waals surface area contributed by atoms with Crippen molar-refractivity contribution in [2.24, 2.45) is 0 Å². The van der Waals surface area contributed by atoms with Crippen molar-refractivity contribution < 1.29 is 23.9 Å². The minimum Gasteiger partial charge on any atom is -0.462 e. The van der Waals surface area contributed by atoms with Gasteiger partial charge in [0.25, 0.3) is 5.91 Å². The van der Waals surface area contributed by atoms with Crippen LogP contribution in [-0.2, 0) is 27.1 Å². The van der Waals surface area contributed by atoms with Gasteiger partial charge in [-0.2, -0.15) is 0 Å². The Morgan fingerprint density at radius 3 is 2.52 bits per heavy atom. The fourth-order valence-corrected chi connectivity index (χ4v) is 5.06. The number of hydrogen-bond donors (Lipinski definition) is 2. The summed E-state index contributed by atoms with van der Waals surface area (Å²) in [5.74, 6) is -1.64. The molecule has 4 rings (SSSR count). The van der Waals surface area contributed by atoms with Crippen LogP contribution in [0, 0.1) is 0 Å². The highest BCUT2D eigenvalue weighted by atomic mass is 32.1. The topological polar surface area (TPSA) is 108 Å². The second kappa shape index (κ2) is 9.46. The highest BCUT2D eigenvalue weighted by molar-refractivity contribution is 7.20. The highest BCUT2D eigenvalue weighted by Crippen LogP contribution is 2.45. The molecular formula is C25H24N2O5S. The van der Waals surface area contributed by atoms with Crippen molar-refractivity contribution >= 4 is 39.9 Å². The van der Waals surface area contributed by atoms with Crippen LogP contribution in [0.5, 0.6) is 0 Å². The summed E-state index contributed by atoms with van der Waals surface area (Å²) in [5, 5.41) is 3.18. The summed E-state index contributed by atoms with van der Waals surface area (Å²) in [4.78, 5) is 39.0. The van der Waals surface area contributed by atoms with Crippen molar-refractivity contribution in [3.63, 3.8) is 0 Å². The molecule has 7 nitrogen and oxygen atoms in total. The average molecular weight is 465 g/mol. The number of nitrogens with two attached hydrogens (primary N) is 1. The lowest BCUT2D eigenvalue weighted by molar-refractivity contribution is -0.123. The van der Waals surface area contributed by atoms with Crippen molar-refractivity contribution in [1.82, 2.24) is 0 Å². The molecule has 33 heavy (non-hydrogen) atoms. The van der Waals surface area contributed by atoms with E-state index in [0.717, 1.165) is 22.4 Å². The molecule has 1 aliphatic rings. The Kier molecular flexibility index (Phi) is 6.46. The van der Waals surface area contributed by atoms with Gasteiger partial charge in [0, 0.05) is 10.6 Å². The zero-order valence-electron chi connectivity index (χ0n) is 18.3. The van der Waals surface area contributed by atoms with Gasteiger partial charge in [0.15, 0.2) is 6.10 Å². The lowest BCUT2D eigenvalue weighted by Gasteiger charge is -2.16. The molecule has 0 bridgehead atoms. The number of hydrogen-bond acceptors (Lipinski definition) is 7. The number of carbonyl (C=O) groups excluding carboxylic acids is 3. The minimum atomic E-state index is -1.07. The molecule has 0 saturated heterocycles. The van der Waals surface area contributed by atoms with Gasteiger partial charge in [0.05, 0.1) is 17.7 Å². The summed E-state index contributed by atoms with van der Waals surface area (Å²) in [6, 6.07) is 14.3. The second-order valence-electron chi connectivity index (χ2n) is 7.65. The largest absolute Gasteiger partial charge is 0.462 e. The van der Waals surface area contributed by atoms with Crippen molar-refractivity contribution in [1.29, 1.82) is 0 Å². The zero-order chi connectivity index (χ0) is 23.5. The van der Waals surface area contributed by atoms with Gasteiger partial charge in [-0.15, -0.1) is 11.3 Å². The number of aryl methyl sites for hydroxylation is 1. The Bertz CT molecular complexity index is 1220. The molecule has 1 aromatic heterocycles. The van der Waals surface area contributed by atoms with Crippen LogP contribution in [0.4, 0.5) is 10.7 Å². The monoisotopic (exact) mass is 464 g/mol. The summed E-state index contributed by atoms with van der Waals surface area (Å²) in [5.41, 5.74) is 9.95. The molecule has 1 heterocycles. The van der Waals surface area contributed by atoms with Gasteiger partial charge in [0.2, 0.25) is 0 Å². The van der Waals surface area contributed by atoms with E-state index in [9.17, 15) is 14.4 Å². The van der Waals surface area contributed by atoms with E-state index in [2.05, 4.69) is 11.4 Å². The molecule has 0 saturated carbocycles. The first-order chi connectivity index (χ1) is 15.9. The first-order valence-electron chi connectivity index (χ1n) is 10.7. The third-order valence-electron chi connectivity index (χ3n) is 5.43. The van der Waals surface area contributed by atoms with Gasteiger partial charge < -0.3 is 20.5 Å². The molecule has 0 radical (unpaired) electrons. The molecule has 0 aliphatic heterocycles.